The molecule has 0 bridgehead atoms. The van der Waals surface area contributed by atoms with Crippen molar-refractivity contribution in [3.05, 3.63) is 47.3 Å². The van der Waals surface area contributed by atoms with Gasteiger partial charge in [-0.3, -0.25) is 9.69 Å². The number of halogens is 5. The van der Waals surface area contributed by atoms with Crippen LogP contribution in [-0.2, 0) is 17.5 Å². The summed E-state index contributed by atoms with van der Waals surface area (Å²) in [6.07, 6.45) is -2.27. The lowest BCUT2D eigenvalue weighted by atomic mass is 9.93. The topological polar surface area (TPSA) is 108 Å². The number of primary amides is 1. The highest BCUT2D eigenvalue weighted by atomic mass is 19.4. The van der Waals surface area contributed by atoms with Crippen LogP contribution in [0.15, 0.2) is 24.5 Å². The first kappa shape index (κ1) is 26.0. The molecular formula is C23H27F5N6O2. The summed E-state index contributed by atoms with van der Waals surface area (Å²) in [5, 5.41) is 13.3. The first-order valence-corrected chi connectivity index (χ1v) is 11.6. The largest absolute Gasteiger partial charge is 0.416 e. The highest BCUT2D eigenvalue weighted by Crippen LogP contribution is 2.36. The van der Waals surface area contributed by atoms with Gasteiger partial charge in [-0.25, -0.2) is 14.4 Å². The third-order valence-corrected chi connectivity index (χ3v) is 6.47. The lowest BCUT2D eigenvalue weighted by Crippen LogP contribution is -2.48. The zero-order valence-corrected chi connectivity index (χ0v) is 19.3. The second-order valence-corrected chi connectivity index (χ2v) is 9.22. The van der Waals surface area contributed by atoms with E-state index in [1.807, 2.05) is 0 Å². The Morgan fingerprint density at radius 3 is 2.58 bits per heavy atom. The van der Waals surface area contributed by atoms with E-state index in [4.69, 9.17) is 5.73 Å². The van der Waals surface area contributed by atoms with Gasteiger partial charge in [0.1, 0.15) is 12.1 Å². The maximum Gasteiger partial charge on any atom is 0.416 e. The zero-order valence-electron chi connectivity index (χ0n) is 19.3. The molecule has 1 aromatic heterocycles. The minimum Gasteiger partial charge on any atom is -0.391 e. The molecule has 2 aromatic rings. The first-order valence-electron chi connectivity index (χ1n) is 11.6. The molecule has 8 nitrogen and oxygen atoms in total. The molecule has 2 atom stereocenters. The fourth-order valence-electron chi connectivity index (χ4n) is 4.36. The third kappa shape index (κ3) is 6.19. The number of aliphatic hydroxyl groups is 1. The summed E-state index contributed by atoms with van der Waals surface area (Å²) in [6, 6.07) is 2.16. The Labute approximate surface area is 204 Å². The number of likely N-dealkylation sites (tertiary alicyclic amines) is 1. The predicted octanol–water partition coefficient (Wildman–Crippen LogP) is 2.52. The van der Waals surface area contributed by atoms with Crippen LogP contribution >= 0.6 is 0 Å². The molecule has 1 amide bonds. The quantitative estimate of drug-likeness (QED) is 0.442. The number of nitrogens with one attached hydrogen (secondary N) is 1. The second kappa shape index (κ2) is 10.5. The van der Waals surface area contributed by atoms with E-state index in [-0.39, 0.29) is 55.3 Å². The molecule has 36 heavy (non-hydrogen) atoms. The maximum absolute atomic E-state index is 15.4. The summed E-state index contributed by atoms with van der Waals surface area (Å²) in [4.78, 5) is 22.4. The Morgan fingerprint density at radius 1 is 1.22 bits per heavy atom. The van der Waals surface area contributed by atoms with Gasteiger partial charge in [-0.15, -0.1) is 0 Å². The molecule has 196 valence electrons. The number of aromatic nitrogens is 2. The van der Waals surface area contributed by atoms with Gasteiger partial charge in [-0.1, -0.05) is 6.07 Å². The average Bonchev–Trinajstić information content (AvgIpc) is 3.63. The molecule has 2 heterocycles. The fraction of sp³-hybridized carbons (Fsp3) is 0.522. The minimum atomic E-state index is -4.67. The number of aliphatic hydroxyl groups excluding tert-OH is 1. The molecular weight excluding hydrogens is 487 g/mol. The zero-order chi connectivity index (χ0) is 26.0. The van der Waals surface area contributed by atoms with Crippen LogP contribution in [0.3, 0.4) is 0 Å². The molecule has 4 N–H and O–H groups in total. The molecule has 1 aliphatic carbocycles. The van der Waals surface area contributed by atoms with Crippen LogP contribution in [0.2, 0.25) is 0 Å². The van der Waals surface area contributed by atoms with Crippen LogP contribution in [0.1, 0.15) is 30.4 Å². The molecule has 0 radical (unpaired) electrons. The summed E-state index contributed by atoms with van der Waals surface area (Å²) in [7, 11) is 0. The van der Waals surface area contributed by atoms with E-state index in [1.165, 1.54) is 4.90 Å². The summed E-state index contributed by atoms with van der Waals surface area (Å²) in [5.74, 6) is -2.66. The summed E-state index contributed by atoms with van der Waals surface area (Å²) >= 11 is 0. The minimum absolute atomic E-state index is 0.00624. The smallest absolute Gasteiger partial charge is 0.391 e. The normalized spacial score (nSPS) is 20.8. The molecule has 1 aromatic carbocycles. The number of carbonyl (C=O) groups excluding carboxylic acids is 1. The molecule has 2 aliphatic rings. The number of hydrogen-bond acceptors (Lipinski definition) is 7. The van der Waals surface area contributed by atoms with Crippen molar-refractivity contribution in [3.8, 4) is 0 Å². The van der Waals surface area contributed by atoms with Gasteiger partial charge in [-0.05, 0) is 37.9 Å². The fourth-order valence-corrected chi connectivity index (χ4v) is 4.36. The van der Waals surface area contributed by atoms with Crippen LogP contribution in [0.4, 0.5) is 33.6 Å². The van der Waals surface area contributed by atoms with Crippen LogP contribution in [0.25, 0.3) is 0 Å². The highest BCUT2D eigenvalue weighted by Gasteiger charge is 2.35. The number of anilines is 2. The summed E-state index contributed by atoms with van der Waals surface area (Å²) < 4.78 is 68.5. The van der Waals surface area contributed by atoms with Gasteiger partial charge in [0.15, 0.2) is 11.6 Å². The Hall–Kier alpha value is -3.06. The summed E-state index contributed by atoms with van der Waals surface area (Å²) in [5.41, 5.74) is 4.10. The van der Waals surface area contributed by atoms with E-state index in [9.17, 15) is 27.5 Å². The van der Waals surface area contributed by atoms with E-state index < -0.39 is 35.4 Å². The van der Waals surface area contributed by atoms with Gasteiger partial charge < -0.3 is 21.1 Å². The van der Waals surface area contributed by atoms with Gasteiger partial charge in [0.2, 0.25) is 11.7 Å². The molecule has 1 aliphatic heterocycles. The van der Waals surface area contributed by atoms with Crippen LogP contribution in [0, 0.1) is 17.6 Å². The van der Waals surface area contributed by atoms with Crippen molar-refractivity contribution in [1.29, 1.82) is 0 Å². The van der Waals surface area contributed by atoms with Crippen molar-refractivity contribution in [2.75, 3.05) is 36.4 Å². The Balaban J connectivity index is 1.45. The van der Waals surface area contributed by atoms with Crippen LogP contribution in [-0.4, -0.2) is 64.2 Å². The molecule has 1 saturated heterocycles. The second-order valence-electron chi connectivity index (χ2n) is 9.22. The van der Waals surface area contributed by atoms with E-state index in [0.29, 0.717) is 31.9 Å². The SMILES string of the molecule is NC(=O)CN1CC[C@H](CNc2ncnc(N(Cc3ccc(C(F)(F)F)cc3F)C3CC3)c2F)[C@@H](O)C1. The van der Waals surface area contributed by atoms with Gasteiger partial charge in [0.25, 0.3) is 0 Å². The average molecular weight is 514 g/mol. The lowest BCUT2D eigenvalue weighted by Gasteiger charge is -2.35. The lowest BCUT2D eigenvalue weighted by molar-refractivity contribution is -0.137. The van der Waals surface area contributed by atoms with Crippen molar-refractivity contribution in [3.63, 3.8) is 0 Å². The van der Waals surface area contributed by atoms with Gasteiger partial charge in [0, 0.05) is 37.2 Å². The number of hydrogen-bond donors (Lipinski definition) is 3. The monoisotopic (exact) mass is 514 g/mol. The number of piperidine rings is 1. The molecule has 0 spiro atoms. The van der Waals surface area contributed by atoms with Crippen molar-refractivity contribution in [2.24, 2.45) is 11.7 Å². The molecule has 0 unspecified atom stereocenters. The van der Waals surface area contributed by atoms with Gasteiger partial charge in [0.05, 0.1) is 18.2 Å². The van der Waals surface area contributed by atoms with Gasteiger partial charge >= 0.3 is 6.18 Å². The van der Waals surface area contributed by atoms with Crippen molar-refractivity contribution < 1.29 is 31.9 Å². The number of alkyl halides is 3. The number of carbonyl (C=O) groups is 1. The van der Waals surface area contributed by atoms with E-state index in [1.54, 1.807) is 4.90 Å². The summed E-state index contributed by atoms with van der Waals surface area (Å²) in [6.45, 7) is 0.936. The molecule has 13 heteroatoms. The number of nitrogens with two attached hydrogens (primary N) is 1. The number of rotatable bonds is 9. The van der Waals surface area contributed by atoms with Crippen molar-refractivity contribution in [2.45, 2.75) is 44.1 Å². The first-order chi connectivity index (χ1) is 17.0. The van der Waals surface area contributed by atoms with Crippen molar-refractivity contribution >= 4 is 17.5 Å². The molecule has 2 fully saturated rings. The number of β-amino-alcohol motifs (C(OH)–C–C–N with tert-alkyl or cyclic N) is 1. The van der Waals surface area contributed by atoms with E-state index in [2.05, 4.69) is 15.3 Å². The molecule has 4 rings (SSSR count). The molecule has 1 saturated carbocycles. The van der Waals surface area contributed by atoms with Crippen molar-refractivity contribution in [1.82, 2.24) is 14.9 Å². The van der Waals surface area contributed by atoms with Crippen LogP contribution in [0.5, 0.6) is 0 Å². The Kier molecular flexibility index (Phi) is 7.59. The van der Waals surface area contributed by atoms with E-state index >= 15 is 4.39 Å². The van der Waals surface area contributed by atoms with Crippen LogP contribution < -0.4 is 16.0 Å². The number of benzene rings is 1. The number of nitrogens with zero attached hydrogens (tertiary/aromatic N) is 4. The highest BCUT2D eigenvalue weighted by molar-refractivity contribution is 5.75. The van der Waals surface area contributed by atoms with Gasteiger partial charge in [-0.2, -0.15) is 17.6 Å². The Bertz CT molecular complexity index is 1100. The predicted molar refractivity (Wildman–Crippen MR) is 121 cm³/mol. The third-order valence-electron chi connectivity index (χ3n) is 6.47. The van der Waals surface area contributed by atoms with E-state index in [0.717, 1.165) is 18.5 Å². The standard InChI is InChI=1S/C23H27F5N6O2/c24-17-7-15(23(26,27)28)2-1-14(17)9-34(16-3-4-16)22-20(25)21(31-12-32-22)30-8-13-5-6-33(10-18(13)35)11-19(29)36/h1-2,7,12-13,16,18,35H,3-6,8-11H2,(H2,29,36)(H,30,31,32)/t13-,18+/m1/s1. The number of amides is 1. The Morgan fingerprint density at radius 2 is 1.97 bits per heavy atom. The maximum atomic E-state index is 15.4.